The van der Waals surface area contributed by atoms with Crippen LogP contribution in [0.5, 0.6) is 0 Å². The van der Waals surface area contributed by atoms with Crippen molar-refractivity contribution in [3.8, 4) is 6.07 Å². The van der Waals surface area contributed by atoms with Gasteiger partial charge in [0, 0.05) is 25.7 Å². The summed E-state index contributed by atoms with van der Waals surface area (Å²) in [5, 5.41) is 19.1. The number of aliphatic hydroxyl groups is 1. The summed E-state index contributed by atoms with van der Waals surface area (Å²) >= 11 is 0. The van der Waals surface area contributed by atoms with Gasteiger partial charge in [-0.05, 0) is 57.1 Å². The highest BCUT2D eigenvalue weighted by Crippen LogP contribution is 2.44. The number of likely N-dealkylation sites (tertiary alicyclic amines) is 1. The number of halogens is 1. The Balaban J connectivity index is 1.54. The molecule has 2 heterocycles. The number of rotatable bonds is 2. The van der Waals surface area contributed by atoms with Gasteiger partial charge >= 0.3 is 0 Å². The van der Waals surface area contributed by atoms with E-state index >= 15 is 0 Å². The van der Waals surface area contributed by atoms with Crippen LogP contribution in [0.25, 0.3) is 0 Å². The van der Waals surface area contributed by atoms with Gasteiger partial charge in [-0.1, -0.05) is 6.07 Å². The number of piperidine rings is 1. The molecule has 1 aliphatic carbocycles. The predicted octanol–water partition coefficient (Wildman–Crippen LogP) is 2.82. The van der Waals surface area contributed by atoms with Crippen molar-refractivity contribution in [2.24, 2.45) is 5.41 Å². The normalized spacial score (nSPS) is 31.4. The third-order valence-corrected chi connectivity index (χ3v) is 6.67. The molecule has 1 atom stereocenters. The fourth-order valence-electron chi connectivity index (χ4n) is 5.17. The zero-order valence-corrected chi connectivity index (χ0v) is 15.5. The molecule has 2 saturated heterocycles. The van der Waals surface area contributed by atoms with Gasteiger partial charge < -0.3 is 14.9 Å². The Kier molecular flexibility index (Phi) is 4.81. The van der Waals surface area contributed by atoms with Crippen molar-refractivity contribution in [1.29, 1.82) is 5.26 Å². The second-order valence-corrected chi connectivity index (χ2v) is 8.26. The van der Waals surface area contributed by atoms with Gasteiger partial charge in [-0.2, -0.15) is 5.26 Å². The van der Waals surface area contributed by atoms with E-state index in [2.05, 4.69) is 0 Å². The summed E-state index contributed by atoms with van der Waals surface area (Å²) in [7, 11) is 0. The van der Waals surface area contributed by atoms with Crippen molar-refractivity contribution >= 4 is 11.6 Å². The second kappa shape index (κ2) is 7.12. The minimum Gasteiger partial charge on any atom is -0.393 e. The van der Waals surface area contributed by atoms with Crippen molar-refractivity contribution in [3.63, 3.8) is 0 Å². The van der Waals surface area contributed by atoms with Crippen LogP contribution in [-0.2, 0) is 4.79 Å². The van der Waals surface area contributed by atoms with Crippen LogP contribution in [0.1, 0.15) is 50.5 Å². The van der Waals surface area contributed by atoms with Crippen molar-refractivity contribution in [2.45, 2.75) is 57.1 Å². The second-order valence-electron chi connectivity index (χ2n) is 8.26. The zero-order valence-electron chi connectivity index (χ0n) is 15.5. The molecule has 1 unspecified atom stereocenters. The number of aliphatic hydroxyl groups excluding tert-OH is 1. The lowest BCUT2D eigenvalue weighted by Gasteiger charge is -2.41. The number of nitrogens with zero attached hydrogens (tertiary/aromatic N) is 3. The first kappa shape index (κ1) is 18.2. The SMILES string of the molecule is N#Cc1c(F)cccc1N1CCCC2(CCN(C3CCC(O)CC3)C2=O)C1. The van der Waals surface area contributed by atoms with E-state index in [4.69, 9.17) is 0 Å². The van der Waals surface area contributed by atoms with Crippen LogP contribution in [0.2, 0.25) is 0 Å². The quantitative estimate of drug-likeness (QED) is 0.868. The molecule has 0 radical (unpaired) electrons. The van der Waals surface area contributed by atoms with Gasteiger partial charge in [0.15, 0.2) is 0 Å². The summed E-state index contributed by atoms with van der Waals surface area (Å²) in [5.74, 6) is -0.293. The Labute approximate surface area is 159 Å². The number of carbonyl (C=O) groups is 1. The Morgan fingerprint density at radius 1 is 1.19 bits per heavy atom. The summed E-state index contributed by atoms with van der Waals surface area (Å²) in [5.41, 5.74) is 0.245. The van der Waals surface area contributed by atoms with Gasteiger partial charge in [0.25, 0.3) is 0 Å². The molecule has 144 valence electrons. The summed E-state index contributed by atoms with van der Waals surface area (Å²) in [6.07, 6.45) is 5.58. The molecule has 4 rings (SSSR count). The lowest BCUT2D eigenvalue weighted by molar-refractivity contribution is -0.139. The summed E-state index contributed by atoms with van der Waals surface area (Å²) in [6, 6.07) is 6.93. The van der Waals surface area contributed by atoms with Crippen LogP contribution in [0, 0.1) is 22.6 Å². The Bertz CT molecular complexity index is 769. The van der Waals surface area contributed by atoms with Crippen LogP contribution < -0.4 is 4.90 Å². The van der Waals surface area contributed by atoms with E-state index in [0.717, 1.165) is 58.0 Å². The van der Waals surface area contributed by atoms with Crippen molar-refractivity contribution in [2.75, 3.05) is 24.5 Å². The van der Waals surface area contributed by atoms with E-state index in [1.54, 1.807) is 12.1 Å². The topological polar surface area (TPSA) is 67.6 Å². The van der Waals surface area contributed by atoms with Gasteiger partial charge in [0.05, 0.1) is 17.2 Å². The highest BCUT2D eigenvalue weighted by atomic mass is 19.1. The molecule has 1 saturated carbocycles. The van der Waals surface area contributed by atoms with Crippen molar-refractivity contribution in [3.05, 3.63) is 29.6 Å². The van der Waals surface area contributed by atoms with Gasteiger partial charge in [0.1, 0.15) is 17.4 Å². The first-order valence-electron chi connectivity index (χ1n) is 9.97. The fraction of sp³-hybridized carbons (Fsp3) is 0.619. The Morgan fingerprint density at radius 2 is 1.96 bits per heavy atom. The number of hydrogen-bond acceptors (Lipinski definition) is 4. The van der Waals surface area contributed by atoms with Crippen LogP contribution in [0.15, 0.2) is 18.2 Å². The minimum absolute atomic E-state index is 0.0677. The molecule has 3 aliphatic rings. The van der Waals surface area contributed by atoms with Crippen molar-refractivity contribution in [1.82, 2.24) is 4.90 Å². The molecule has 6 heteroatoms. The van der Waals surface area contributed by atoms with Crippen molar-refractivity contribution < 1.29 is 14.3 Å². The maximum Gasteiger partial charge on any atom is 0.230 e. The minimum atomic E-state index is -0.505. The van der Waals surface area contributed by atoms with Crippen LogP contribution in [0.4, 0.5) is 10.1 Å². The molecule has 0 aromatic heterocycles. The lowest BCUT2D eigenvalue weighted by atomic mass is 9.78. The fourth-order valence-corrected chi connectivity index (χ4v) is 5.17. The highest BCUT2D eigenvalue weighted by Gasteiger charge is 2.50. The molecular formula is C21H26FN3O2. The van der Waals surface area contributed by atoms with Crippen LogP contribution in [-0.4, -0.2) is 47.7 Å². The van der Waals surface area contributed by atoms with E-state index in [-0.39, 0.29) is 23.6 Å². The number of nitriles is 1. The molecule has 1 N–H and O–H groups in total. The van der Waals surface area contributed by atoms with Crippen LogP contribution >= 0.6 is 0 Å². The van der Waals surface area contributed by atoms with Gasteiger partial charge in [0.2, 0.25) is 5.91 Å². The summed E-state index contributed by atoms with van der Waals surface area (Å²) in [6.45, 7) is 2.06. The average Bonchev–Trinajstić information content (AvgIpc) is 2.98. The standard InChI is InChI=1S/C21H26FN3O2/c22-18-3-1-4-19(17(18)13-23)24-11-2-9-21(14-24)10-12-25(20(21)27)15-5-7-16(26)8-6-15/h1,3-4,15-16,26H,2,5-12,14H2. The number of benzene rings is 1. The van der Waals surface area contributed by atoms with Gasteiger partial charge in [-0.15, -0.1) is 0 Å². The third kappa shape index (κ3) is 3.19. The number of carbonyl (C=O) groups excluding carboxylic acids is 1. The molecule has 1 aromatic carbocycles. The number of amides is 1. The van der Waals surface area contributed by atoms with E-state index in [0.29, 0.717) is 12.2 Å². The lowest BCUT2D eigenvalue weighted by Crippen LogP contribution is -2.50. The first-order valence-corrected chi connectivity index (χ1v) is 9.97. The van der Waals surface area contributed by atoms with E-state index < -0.39 is 11.2 Å². The van der Waals surface area contributed by atoms with Gasteiger partial charge in [-0.25, -0.2) is 4.39 Å². The first-order chi connectivity index (χ1) is 13.0. The Hall–Kier alpha value is -2.13. The third-order valence-electron chi connectivity index (χ3n) is 6.67. The summed E-state index contributed by atoms with van der Waals surface area (Å²) < 4.78 is 14.0. The average molecular weight is 371 g/mol. The maximum absolute atomic E-state index is 14.0. The van der Waals surface area contributed by atoms with Gasteiger partial charge in [-0.3, -0.25) is 4.79 Å². The monoisotopic (exact) mass is 371 g/mol. The molecule has 1 amide bonds. The number of hydrogen-bond donors (Lipinski definition) is 1. The molecule has 5 nitrogen and oxygen atoms in total. The van der Waals surface area contributed by atoms with E-state index in [9.17, 15) is 19.6 Å². The molecule has 1 spiro atoms. The predicted molar refractivity (Wildman–Crippen MR) is 99.6 cm³/mol. The molecule has 27 heavy (non-hydrogen) atoms. The number of anilines is 1. The van der Waals surface area contributed by atoms with E-state index in [1.807, 2.05) is 15.9 Å². The highest BCUT2D eigenvalue weighted by molar-refractivity contribution is 5.86. The largest absolute Gasteiger partial charge is 0.393 e. The Morgan fingerprint density at radius 3 is 2.70 bits per heavy atom. The molecule has 1 aromatic rings. The zero-order chi connectivity index (χ0) is 19.0. The van der Waals surface area contributed by atoms with E-state index in [1.165, 1.54) is 6.07 Å². The van der Waals surface area contributed by atoms with Crippen LogP contribution in [0.3, 0.4) is 0 Å². The summed E-state index contributed by atoms with van der Waals surface area (Å²) in [4.78, 5) is 17.4. The molecule has 3 fully saturated rings. The molecular weight excluding hydrogens is 345 g/mol. The molecule has 2 aliphatic heterocycles. The smallest absolute Gasteiger partial charge is 0.230 e. The maximum atomic E-state index is 14.0. The molecule has 0 bridgehead atoms.